The summed E-state index contributed by atoms with van der Waals surface area (Å²) in [7, 11) is 0. The highest BCUT2D eigenvalue weighted by Crippen LogP contribution is 2.45. The highest BCUT2D eigenvalue weighted by Gasteiger charge is 2.50. The van der Waals surface area contributed by atoms with Gasteiger partial charge in [0.1, 0.15) is 18.7 Å². The van der Waals surface area contributed by atoms with Gasteiger partial charge in [0, 0.05) is 12.0 Å². The Morgan fingerprint density at radius 3 is 2.00 bits per heavy atom. The fraction of sp³-hybridized carbons (Fsp3) is 0.310. The smallest absolute Gasteiger partial charge is 0.131 e. The zero-order valence-corrected chi connectivity index (χ0v) is 18.0. The number of quaternary nitrogens is 1. The van der Waals surface area contributed by atoms with Gasteiger partial charge in [-0.15, -0.1) is 0 Å². The molecule has 3 fully saturated rings. The van der Waals surface area contributed by atoms with E-state index < -0.39 is 6.10 Å². The van der Waals surface area contributed by atoms with Gasteiger partial charge in [-0.3, -0.25) is 0 Å². The number of rotatable bonds is 4. The number of aliphatic hydroxyl groups excluding tert-OH is 1. The van der Waals surface area contributed by atoms with Crippen LogP contribution in [-0.4, -0.2) is 28.7 Å². The first kappa shape index (κ1) is 19.0. The molecule has 2 atom stereocenters. The second-order valence-corrected chi connectivity index (χ2v) is 9.72. The predicted molar refractivity (Wildman–Crippen MR) is 128 cm³/mol. The highest BCUT2D eigenvalue weighted by atomic mass is 16.3. The van der Waals surface area contributed by atoms with E-state index in [9.17, 15) is 5.11 Å². The Hall–Kier alpha value is -2.68. The lowest BCUT2D eigenvalue weighted by Crippen LogP contribution is -2.65. The van der Waals surface area contributed by atoms with Crippen molar-refractivity contribution in [3.8, 4) is 0 Å². The summed E-state index contributed by atoms with van der Waals surface area (Å²) < 4.78 is 1.02. The topological polar surface area (TPSA) is 20.2 Å². The number of fused-ring (bicyclic) bond motifs is 5. The van der Waals surface area contributed by atoms with Gasteiger partial charge in [0.25, 0.3) is 0 Å². The van der Waals surface area contributed by atoms with Crippen molar-refractivity contribution in [2.45, 2.75) is 38.0 Å². The summed E-state index contributed by atoms with van der Waals surface area (Å²) in [5.74, 6) is 0.771. The molecular formula is C29H30NO+. The van der Waals surface area contributed by atoms with Crippen LogP contribution in [-0.2, 0) is 6.54 Å². The summed E-state index contributed by atoms with van der Waals surface area (Å²) in [4.78, 5) is 0. The van der Waals surface area contributed by atoms with E-state index in [0.717, 1.165) is 28.9 Å². The minimum absolute atomic E-state index is 0.271. The molecular weight excluding hydrogens is 378 g/mol. The quantitative estimate of drug-likeness (QED) is 0.314. The molecule has 0 saturated carbocycles. The molecule has 0 aromatic heterocycles. The van der Waals surface area contributed by atoms with Crippen molar-refractivity contribution in [2.24, 2.45) is 5.92 Å². The van der Waals surface area contributed by atoms with Crippen LogP contribution in [0.3, 0.4) is 0 Å². The molecule has 0 radical (unpaired) electrons. The van der Waals surface area contributed by atoms with E-state index in [4.69, 9.17) is 0 Å². The molecule has 4 aromatic carbocycles. The normalized spacial score (nSPS) is 26.4. The minimum atomic E-state index is -0.398. The number of hydrogen-bond acceptors (Lipinski definition) is 1. The van der Waals surface area contributed by atoms with Crippen molar-refractivity contribution < 1.29 is 9.59 Å². The Morgan fingerprint density at radius 1 is 0.774 bits per heavy atom. The summed E-state index contributed by atoms with van der Waals surface area (Å²) in [6.07, 6.45) is 3.32. The molecule has 31 heavy (non-hydrogen) atoms. The van der Waals surface area contributed by atoms with Crippen LogP contribution >= 0.6 is 0 Å². The second kappa shape index (κ2) is 7.47. The van der Waals surface area contributed by atoms with Gasteiger partial charge in [0.05, 0.1) is 13.1 Å². The third-order valence-corrected chi connectivity index (χ3v) is 8.11. The zero-order valence-electron chi connectivity index (χ0n) is 18.0. The summed E-state index contributed by atoms with van der Waals surface area (Å²) >= 11 is 0. The molecule has 2 nitrogen and oxygen atoms in total. The Balaban J connectivity index is 1.49. The van der Waals surface area contributed by atoms with Gasteiger partial charge in [-0.2, -0.15) is 0 Å². The Bertz CT molecular complexity index is 1170. The molecule has 156 valence electrons. The average molecular weight is 409 g/mol. The summed E-state index contributed by atoms with van der Waals surface area (Å²) in [5, 5.41) is 16.9. The largest absolute Gasteiger partial charge is 0.382 e. The molecule has 0 spiro atoms. The molecule has 2 heteroatoms. The molecule has 0 unspecified atom stereocenters. The van der Waals surface area contributed by atoms with E-state index in [1.165, 1.54) is 53.0 Å². The van der Waals surface area contributed by atoms with Gasteiger partial charge in [-0.1, -0.05) is 78.9 Å². The summed E-state index contributed by atoms with van der Waals surface area (Å²) in [6, 6.07) is 30.6. The van der Waals surface area contributed by atoms with Gasteiger partial charge in [-0.25, -0.2) is 0 Å². The van der Waals surface area contributed by atoms with Gasteiger partial charge >= 0.3 is 0 Å². The van der Waals surface area contributed by atoms with Crippen LogP contribution in [0.2, 0.25) is 0 Å². The first-order valence-corrected chi connectivity index (χ1v) is 11.7. The lowest BCUT2D eigenvalue weighted by Gasteiger charge is -2.56. The SMILES string of the molecule is O[C@@H](c1ccccc1)[C@H]1CC2CC[N+]1(Cc1c3ccccc3cc3ccccc13)CC2. The van der Waals surface area contributed by atoms with Crippen LogP contribution in [0.5, 0.6) is 0 Å². The maximum atomic E-state index is 11.5. The van der Waals surface area contributed by atoms with E-state index in [0.29, 0.717) is 0 Å². The van der Waals surface area contributed by atoms with Crippen molar-refractivity contribution in [1.82, 2.24) is 0 Å². The number of piperidine rings is 3. The van der Waals surface area contributed by atoms with E-state index >= 15 is 0 Å². The van der Waals surface area contributed by atoms with Gasteiger partial charge in [0.15, 0.2) is 0 Å². The number of aliphatic hydroxyl groups is 1. The van der Waals surface area contributed by atoms with Crippen molar-refractivity contribution in [3.05, 3.63) is 96.1 Å². The van der Waals surface area contributed by atoms with Gasteiger partial charge < -0.3 is 9.59 Å². The third-order valence-electron chi connectivity index (χ3n) is 8.11. The van der Waals surface area contributed by atoms with Crippen molar-refractivity contribution in [3.63, 3.8) is 0 Å². The van der Waals surface area contributed by atoms with Crippen molar-refractivity contribution >= 4 is 21.5 Å². The van der Waals surface area contributed by atoms with Gasteiger partial charge in [0.2, 0.25) is 0 Å². The van der Waals surface area contributed by atoms with E-state index in [1.54, 1.807) is 0 Å². The van der Waals surface area contributed by atoms with Crippen LogP contribution in [0.1, 0.15) is 36.5 Å². The Labute approximate surface area is 184 Å². The fourth-order valence-electron chi connectivity index (χ4n) is 6.44. The third kappa shape index (κ3) is 3.17. The lowest BCUT2D eigenvalue weighted by molar-refractivity contribution is -0.981. The van der Waals surface area contributed by atoms with E-state index in [1.807, 2.05) is 6.07 Å². The molecule has 0 amide bonds. The standard InChI is InChI=1S/C29H30NO/c31-29(22-8-2-1-3-9-22)28-18-21-14-16-30(28,17-15-21)20-27-25-12-6-4-10-23(25)19-24-11-5-7-13-26(24)27/h1-13,19,21,28-29,31H,14-18,20H2/q+1/t21?,28-,29+,30?/m1/s1. The Kier molecular flexibility index (Phi) is 4.59. The second-order valence-electron chi connectivity index (χ2n) is 9.72. The Morgan fingerprint density at radius 2 is 1.35 bits per heavy atom. The minimum Gasteiger partial charge on any atom is -0.382 e. The predicted octanol–water partition coefficient (Wildman–Crippen LogP) is 6.23. The van der Waals surface area contributed by atoms with E-state index in [2.05, 4.69) is 78.9 Å². The molecule has 3 aliphatic rings. The molecule has 7 rings (SSSR count). The van der Waals surface area contributed by atoms with Crippen LogP contribution in [0.4, 0.5) is 0 Å². The van der Waals surface area contributed by atoms with Crippen molar-refractivity contribution in [2.75, 3.05) is 13.1 Å². The maximum Gasteiger partial charge on any atom is 0.131 e. The number of benzene rings is 4. The van der Waals surface area contributed by atoms with Gasteiger partial charge in [-0.05, 0) is 51.9 Å². The van der Waals surface area contributed by atoms with Crippen LogP contribution < -0.4 is 0 Å². The lowest BCUT2D eigenvalue weighted by atomic mass is 9.76. The zero-order chi connectivity index (χ0) is 20.8. The fourth-order valence-corrected chi connectivity index (χ4v) is 6.44. The van der Waals surface area contributed by atoms with Crippen LogP contribution in [0.15, 0.2) is 84.9 Å². The molecule has 3 saturated heterocycles. The first-order valence-electron chi connectivity index (χ1n) is 11.7. The molecule has 1 N–H and O–H groups in total. The monoisotopic (exact) mass is 408 g/mol. The maximum absolute atomic E-state index is 11.5. The average Bonchev–Trinajstić information content (AvgIpc) is 2.84. The molecule has 2 bridgehead atoms. The summed E-state index contributed by atoms with van der Waals surface area (Å²) in [5.41, 5.74) is 2.53. The van der Waals surface area contributed by atoms with E-state index in [-0.39, 0.29) is 6.04 Å². The van der Waals surface area contributed by atoms with Crippen LogP contribution in [0.25, 0.3) is 21.5 Å². The first-order chi connectivity index (χ1) is 15.2. The molecule has 0 aliphatic carbocycles. The molecule has 3 aliphatic heterocycles. The van der Waals surface area contributed by atoms with Crippen LogP contribution in [0, 0.1) is 5.92 Å². The number of nitrogens with zero attached hydrogens (tertiary/aromatic N) is 1. The summed E-state index contributed by atoms with van der Waals surface area (Å²) in [6.45, 7) is 3.36. The molecule has 4 aromatic rings. The highest BCUT2D eigenvalue weighted by molar-refractivity contribution is 6.02. The van der Waals surface area contributed by atoms with Crippen molar-refractivity contribution in [1.29, 1.82) is 0 Å². The number of hydrogen-bond donors (Lipinski definition) is 1. The molecule has 3 heterocycles.